The molecular weight excluding hydrogens is 256 g/mol. The van der Waals surface area contributed by atoms with Crippen LogP contribution in [0.25, 0.3) is 0 Å². The summed E-state index contributed by atoms with van der Waals surface area (Å²) < 4.78 is 5.95. The molecule has 0 saturated heterocycles. The highest BCUT2D eigenvalue weighted by atomic mass is 16.5. The molecule has 0 bridgehead atoms. The highest BCUT2D eigenvalue weighted by molar-refractivity contribution is 4.69. The molecule has 0 heterocycles. The summed E-state index contributed by atoms with van der Waals surface area (Å²) in [5.74, 6) is 1.38. The van der Waals surface area contributed by atoms with Crippen LogP contribution in [-0.4, -0.2) is 13.2 Å². The van der Waals surface area contributed by atoms with Gasteiger partial charge in [0.05, 0.1) is 0 Å². The average molecular weight is 299 g/mol. The lowest BCUT2D eigenvalue weighted by Crippen LogP contribution is -2.17. The molecular formula is C20H42O. The molecule has 0 aliphatic carbocycles. The first-order valence-corrected chi connectivity index (χ1v) is 9.19. The van der Waals surface area contributed by atoms with E-state index < -0.39 is 0 Å². The zero-order valence-corrected chi connectivity index (χ0v) is 16.2. The van der Waals surface area contributed by atoms with Crippen molar-refractivity contribution in [1.29, 1.82) is 0 Å². The van der Waals surface area contributed by atoms with Crippen molar-refractivity contribution in [3.63, 3.8) is 0 Å². The van der Waals surface area contributed by atoms with E-state index in [9.17, 15) is 0 Å². The Balaban J connectivity index is 3.73. The first kappa shape index (κ1) is 21.0. The topological polar surface area (TPSA) is 9.23 Å². The van der Waals surface area contributed by atoms with E-state index >= 15 is 0 Å². The van der Waals surface area contributed by atoms with Gasteiger partial charge in [-0.25, -0.2) is 0 Å². The Hall–Kier alpha value is -0.0400. The second-order valence-electron chi connectivity index (χ2n) is 8.86. The molecule has 0 aliphatic heterocycles. The van der Waals surface area contributed by atoms with Gasteiger partial charge in [0.15, 0.2) is 0 Å². The molecule has 1 nitrogen and oxygen atoms in total. The van der Waals surface area contributed by atoms with Gasteiger partial charge in [-0.15, -0.1) is 0 Å². The average Bonchev–Trinajstić information content (AvgIpc) is 2.43. The van der Waals surface area contributed by atoms with Gasteiger partial charge in [-0.2, -0.15) is 0 Å². The third-order valence-corrected chi connectivity index (χ3v) is 5.35. The van der Waals surface area contributed by atoms with Gasteiger partial charge in [-0.3, -0.25) is 0 Å². The second-order valence-corrected chi connectivity index (χ2v) is 8.86. The first-order chi connectivity index (χ1) is 9.62. The van der Waals surface area contributed by atoms with E-state index in [0.29, 0.717) is 22.7 Å². The van der Waals surface area contributed by atoms with Crippen LogP contribution >= 0.6 is 0 Å². The van der Waals surface area contributed by atoms with Crippen molar-refractivity contribution in [2.75, 3.05) is 13.2 Å². The van der Waals surface area contributed by atoms with E-state index in [1.54, 1.807) is 0 Å². The van der Waals surface area contributed by atoms with Crippen molar-refractivity contribution >= 4 is 0 Å². The van der Waals surface area contributed by atoms with Crippen molar-refractivity contribution in [1.82, 2.24) is 0 Å². The van der Waals surface area contributed by atoms with Gasteiger partial charge in [0.2, 0.25) is 0 Å². The SMILES string of the molecule is CCC(C)(C)CCC(C)COCC(C)CCC(C)(C)CC. The summed E-state index contributed by atoms with van der Waals surface area (Å²) in [6, 6.07) is 0. The molecule has 0 aromatic rings. The van der Waals surface area contributed by atoms with Gasteiger partial charge in [0.25, 0.3) is 0 Å². The largest absolute Gasteiger partial charge is 0.381 e. The lowest BCUT2D eigenvalue weighted by molar-refractivity contribution is 0.0681. The first-order valence-electron chi connectivity index (χ1n) is 9.19. The van der Waals surface area contributed by atoms with Gasteiger partial charge in [0.1, 0.15) is 0 Å². The van der Waals surface area contributed by atoms with Crippen LogP contribution in [0.5, 0.6) is 0 Å². The van der Waals surface area contributed by atoms with Crippen molar-refractivity contribution in [3.8, 4) is 0 Å². The highest BCUT2D eigenvalue weighted by Crippen LogP contribution is 2.29. The molecule has 0 amide bonds. The molecule has 0 spiro atoms. The molecule has 0 saturated carbocycles. The van der Waals surface area contributed by atoms with Crippen molar-refractivity contribution in [3.05, 3.63) is 0 Å². The Labute approximate surface area is 135 Å². The van der Waals surface area contributed by atoms with E-state index in [-0.39, 0.29) is 0 Å². The monoisotopic (exact) mass is 298 g/mol. The predicted molar refractivity (Wildman–Crippen MR) is 95.8 cm³/mol. The van der Waals surface area contributed by atoms with Crippen LogP contribution in [0.15, 0.2) is 0 Å². The molecule has 0 aromatic carbocycles. The fourth-order valence-electron chi connectivity index (χ4n) is 2.26. The summed E-state index contributed by atoms with van der Waals surface area (Å²) >= 11 is 0. The van der Waals surface area contributed by atoms with E-state index in [0.717, 1.165) is 13.2 Å². The third kappa shape index (κ3) is 11.2. The smallest absolute Gasteiger partial charge is 0.0491 e. The summed E-state index contributed by atoms with van der Waals surface area (Å²) in [7, 11) is 0. The van der Waals surface area contributed by atoms with Crippen LogP contribution in [0, 0.1) is 22.7 Å². The fourth-order valence-corrected chi connectivity index (χ4v) is 2.26. The summed E-state index contributed by atoms with van der Waals surface area (Å²) in [5, 5.41) is 0. The molecule has 21 heavy (non-hydrogen) atoms. The van der Waals surface area contributed by atoms with Crippen molar-refractivity contribution < 1.29 is 4.74 Å². The molecule has 1 heteroatoms. The maximum atomic E-state index is 5.95. The quantitative estimate of drug-likeness (QED) is 0.389. The minimum atomic E-state index is 0.493. The number of hydrogen-bond donors (Lipinski definition) is 0. The Morgan fingerprint density at radius 3 is 1.33 bits per heavy atom. The number of hydrogen-bond acceptors (Lipinski definition) is 1. The van der Waals surface area contributed by atoms with E-state index in [1.807, 2.05) is 0 Å². The maximum Gasteiger partial charge on any atom is 0.0491 e. The predicted octanol–water partition coefficient (Wildman–Crippen LogP) is 6.71. The van der Waals surface area contributed by atoms with E-state index in [1.165, 1.54) is 38.5 Å². The Kier molecular flexibility index (Phi) is 9.85. The fraction of sp³-hybridized carbons (Fsp3) is 1.00. The molecule has 0 N–H and O–H groups in total. The molecule has 128 valence electrons. The molecule has 2 unspecified atom stereocenters. The molecule has 2 atom stereocenters. The minimum absolute atomic E-state index is 0.493. The zero-order valence-electron chi connectivity index (χ0n) is 16.2. The van der Waals surface area contributed by atoms with Gasteiger partial charge >= 0.3 is 0 Å². The Morgan fingerprint density at radius 1 is 0.714 bits per heavy atom. The summed E-state index contributed by atoms with van der Waals surface area (Å²) in [6.07, 6.45) is 7.74. The maximum absolute atomic E-state index is 5.95. The molecule has 0 aliphatic rings. The number of rotatable bonds is 12. The van der Waals surface area contributed by atoms with Crippen molar-refractivity contribution in [2.24, 2.45) is 22.7 Å². The molecule has 0 aromatic heterocycles. The molecule has 0 radical (unpaired) electrons. The lowest BCUT2D eigenvalue weighted by atomic mass is 9.83. The molecule has 0 rings (SSSR count). The van der Waals surface area contributed by atoms with Crippen LogP contribution in [0.1, 0.15) is 93.9 Å². The van der Waals surface area contributed by atoms with Crippen LogP contribution in [0.2, 0.25) is 0 Å². The van der Waals surface area contributed by atoms with Gasteiger partial charge in [-0.1, -0.05) is 68.2 Å². The van der Waals surface area contributed by atoms with Crippen molar-refractivity contribution in [2.45, 2.75) is 93.9 Å². The third-order valence-electron chi connectivity index (χ3n) is 5.35. The summed E-state index contributed by atoms with van der Waals surface area (Å²) in [6.45, 7) is 20.6. The Bertz CT molecular complexity index is 229. The van der Waals surface area contributed by atoms with Crippen LogP contribution in [-0.2, 0) is 4.74 Å². The van der Waals surface area contributed by atoms with Gasteiger partial charge in [-0.05, 0) is 48.3 Å². The summed E-state index contributed by atoms with van der Waals surface area (Å²) in [5.41, 5.74) is 0.987. The second kappa shape index (κ2) is 9.87. The summed E-state index contributed by atoms with van der Waals surface area (Å²) in [4.78, 5) is 0. The minimum Gasteiger partial charge on any atom is -0.381 e. The molecule has 0 fully saturated rings. The normalized spacial score (nSPS) is 16.0. The lowest BCUT2D eigenvalue weighted by Gasteiger charge is -2.25. The van der Waals surface area contributed by atoms with E-state index in [2.05, 4.69) is 55.4 Å². The Morgan fingerprint density at radius 2 is 1.05 bits per heavy atom. The zero-order chi connectivity index (χ0) is 16.5. The number of ether oxygens (including phenoxy) is 1. The van der Waals surface area contributed by atoms with Crippen LogP contribution in [0.3, 0.4) is 0 Å². The van der Waals surface area contributed by atoms with Gasteiger partial charge in [0, 0.05) is 13.2 Å². The van der Waals surface area contributed by atoms with Crippen LogP contribution < -0.4 is 0 Å². The van der Waals surface area contributed by atoms with E-state index in [4.69, 9.17) is 4.74 Å². The van der Waals surface area contributed by atoms with Gasteiger partial charge < -0.3 is 4.74 Å². The van der Waals surface area contributed by atoms with Crippen LogP contribution in [0.4, 0.5) is 0 Å². The highest BCUT2D eigenvalue weighted by Gasteiger charge is 2.18. The standard InChI is InChI=1S/C20H42O/c1-9-19(5,6)13-11-17(3)15-21-16-18(4)12-14-20(7,8)10-2/h17-18H,9-16H2,1-8H3.